The van der Waals surface area contributed by atoms with Crippen molar-refractivity contribution in [3.63, 3.8) is 0 Å². The minimum absolute atomic E-state index is 0.0865. The van der Waals surface area contributed by atoms with E-state index in [1.807, 2.05) is 24.3 Å². The molecule has 0 bridgehead atoms. The molecule has 1 aromatic heterocycles. The van der Waals surface area contributed by atoms with E-state index in [1.165, 1.54) is 18.5 Å². The van der Waals surface area contributed by atoms with Crippen LogP contribution in [-0.4, -0.2) is 19.7 Å². The van der Waals surface area contributed by atoms with Gasteiger partial charge in [0.15, 0.2) is 5.82 Å². The predicted molar refractivity (Wildman–Crippen MR) is 86.2 cm³/mol. The van der Waals surface area contributed by atoms with Crippen LogP contribution < -0.4 is 0 Å². The van der Waals surface area contributed by atoms with Gasteiger partial charge in [0, 0.05) is 16.1 Å². The first-order chi connectivity index (χ1) is 10.6. The van der Waals surface area contributed by atoms with E-state index in [9.17, 15) is 10.1 Å². The second kappa shape index (κ2) is 5.86. The maximum atomic E-state index is 11.0. The van der Waals surface area contributed by atoms with Crippen molar-refractivity contribution in [1.29, 1.82) is 0 Å². The molecular formula is C14H8BrClN4O2. The number of halogens is 2. The Hall–Kier alpha value is -2.25. The van der Waals surface area contributed by atoms with E-state index in [0.29, 0.717) is 11.4 Å². The summed E-state index contributed by atoms with van der Waals surface area (Å²) in [6.07, 6.45) is 1.40. The van der Waals surface area contributed by atoms with Crippen molar-refractivity contribution in [2.45, 2.75) is 0 Å². The topological polar surface area (TPSA) is 73.8 Å². The Bertz CT molecular complexity index is 848. The second-order valence-electron chi connectivity index (χ2n) is 4.40. The highest BCUT2D eigenvalue weighted by Gasteiger charge is 2.16. The third kappa shape index (κ3) is 2.72. The third-order valence-corrected chi connectivity index (χ3v) is 3.87. The number of benzene rings is 2. The summed E-state index contributed by atoms with van der Waals surface area (Å²) in [5.74, 6) is 0.502. The molecule has 0 aliphatic heterocycles. The van der Waals surface area contributed by atoms with Gasteiger partial charge in [-0.1, -0.05) is 27.5 Å². The lowest BCUT2D eigenvalue weighted by molar-refractivity contribution is -0.384. The lowest BCUT2D eigenvalue weighted by Gasteiger charge is -2.06. The fraction of sp³-hybridized carbons (Fsp3) is 0. The maximum absolute atomic E-state index is 11.0. The molecule has 0 aliphatic carbocycles. The first kappa shape index (κ1) is 14.7. The summed E-state index contributed by atoms with van der Waals surface area (Å²) >= 11 is 9.21. The Kier molecular flexibility index (Phi) is 3.91. The number of rotatable bonds is 3. The maximum Gasteiger partial charge on any atom is 0.288 e. The van der Waals surface area contributed by atoms with E-state index in [2.05, 4.69) is 26.0 Å². The van der Waals surface area contributed by atoms with E-state index in [4.69, 9.17) is 11.6 Å². The molecular weight excluding hydrogens is 372 g/mol. The van der Waals surface area contributed by atoms with Crippen LogP contribution >= 0.6 is 27.5 Å². The molecule has 6 nitrogen and oxygen atoms in total. The third-order valence-electron chi connectivity index (χ3n) is 3.02. The summed E-state index contributed by atoms with van der Waals surface area (Å²) in [5.41, 5.74) is 1.20. The smallest absolute Gasteiger partial charge is 0.258 e. The number of hydrogen-bond donors (Lipinski definition) is 0. The Balaban J connectivity index is 2.11. The van der Waals surface area contributed by atoms with Crippen molar-refractivity contribution in [1.82, 2.24) is 14.8 Å². The zero-order chi connectivity index (χ0) is 15.7. The number of hydrogen-bond acceptors (Lipinski definition) is 4. The van der Waals surface area contributed by atoms with Crippen LogP contribution in [0.5, 0.6) is 0 Å². The standard InChI is InChI=1S/C14H8BrClN4O2/c15-10-2-4-11(5-3-10)19-14(17-8-18-19)9-1-6-12(16)13(7-9)20(21)22/h1-8H. The van der Waals surface area contributed by atoms with Gasteiger partial charge in [0.1, 0.15) is 11.3 Å². The number of nitro benzene ring substituents is 1. The molecule has 0 saturated carbocycles. The Morgan fingerprint density at radius 1 is 1.18 bits per heavy atom. The van der Waals surface area contributed by atoms with Gasteiger partial charge in [-0.3, -0.25) is 10.1 Å². The van der Waals surface area contributed by atoms with Crippen LogP contribution in [0.1, 0.15) is 0 Å². The minimum atomic E-state index is -0.522. The highest BCUT2D eigenvalue weighted by Crippen LogP contribution is 2.30. The molecule has 110 valence electrons. The van der Waals surface area contributed by atoms with E-state index >= 15 is 0 Å². The molecule has 2 aromatic carbocycles. The number of nitrogens with zero attached hydrogens (tertiary/aromatic N) is 4. The van der Waals surface area contributed by atoms with Crippen LogP contribution in [0.3, 0.4) is 0 Å². The average Bonchev–Trinajstić information content (AvgIpc) is 2.97. The van der Waals surface area contributed by atoms with Crippen molar-refractivity contribution < 1.29 is 4.92 Å². The van der Waals surface area contributed by atoms with E-state index < -0.39 is 4.92 Å². The molecule has 0 amide bonds. The highest BCUT2D eigenvalue weighted by atomic mass is 79.9. The molecule has 3 rings (SSSR count). The largest absolute Gasteiger partial charge is 0.288 e. The summed E-state index contributed by atoms with van der Waals surface area (Å²) in [4.78, 5) is 14.7. The predicted octanol–water partition coefficient (Wildman–Crippen LogP) is 4.26. The molecule has 0 N–H and O–H groups in total. The lowest BCUT2D eigenvalue weighted by Crippen LogP contribution is -2.00. The number of aromatic nitrogens is 3. The molecule has 0 spiro atoms. The molecule has 1 heterocycles. The van der Waals surface area contributed by atoms with Crippen molar-refractivity contribution in [3.05, 3.63) is 68.4 Å². The molecule has 0 unspecified atom stereocenters. The molecule has 0 saturated heterocycles. The van der Waals surface area contributed by atoms with Gasteiger partial charge in [-0.15, -0.1) is 0 Å². The molecule has 8 heteroatoms. The van der Waals surface area contributed by atoms with E-state index in [0.717, 1.165) is 10.2 Å². The van der Waals surface area contributed by atoms with Gasteiger partial charge < -0.3 is 0 Å². The van der Waals surface area contributed by atoms with Gasteiger partial charge in [0.2, 0.25) is 0 Å². The molecule has 0 aliphatic rings. The summed E-state index contributed by atoms with van der Waals surface area (Å²) in [7, 11) is 0. The van der Waals surface area contributed by atoms with Crippen LogP contribution in [0.15, 0.2) is 53.3 Å². The molecule has 0 atom stereocenters. The first-order valence-electron chi connectivity index (χ1n) is 6.16. The average molecular weight is 380 g/mol. The van der Waals surface area contributed by atoms with Gasteiger partial charge in [0.05, 0.1) is 10.6 Å². The molecule has 22 heavy (non-hydrogen) atoms. The van der Waals surface area contributed by atoms with Gasteiger partial charge in [-0.2, -0.15) is 5.10 Å². The molecule has 3 aromatic rings. The fourth-order valence-electron chi connectivity index (χ4n) is 2.00. The highest BCUT2D eigenvalue weighted by molar-refractivity contribution is 9.10. The number of nitro groups is 1. The van der Waals surface area contributed by atoms with Gasteiger partial charge in [-0.25, -0.2) is 9.67 Å². The molecule has 0 radical (unpaired) electrons. The van der Waals surface area contributed by atoms with E-state index in [-0.39, 0.29) is 10.7 Å². The fourth-order valence-corrected chi connectivity index (χ4v) is 2.45. The van der Waals surface area contributed by atoms with Crippen molar-refractivity contribution in [2.75, 3.05) is 0 Å². The van der Waals surface area contributed by atoms with Crippen LogP contribution in [0, 0.1) is 10.1 Å². The molecule has 0 fully saturated rings. The van der Waals surface area contributed by atoms with E-state index in [1.54, 1.807) is 10.7 Å². The van der Waals surface area contributed by atoms with Crippen molar-refractivity contribution in [3.8, 4) is 17.1 Å². The Morgan fingerprint density at radius 2 is 1.91 bits per heavy atom. The van der Waals surface area contributed by atoms with Crippen LogP contribution in [-0.2, 0) is 0 Å². The lowest BCUT2D eigenvalue weighted by atomic mass is 10.2. The summed E-state index contributed by atoms with van der Waals surface area (Å²) in [5, 5.41) is 15.3. The zero-order valence-corrected chi connectivity index (χ0v) is 13.3. The Labute approximate surface area is 138 Å². The van der Waals surface area contributed by atoms with Crippen molar-refractivity contribution in [2.24, 2.45) is 0 Å². The van der Waals surface area contributed by atoms with Crippen molar-refractivity contribution >= 4 is 33.2 Å². The first-order valence-corrected chi connectivity index (χ1v) is 7.33. The zero-order valence-electron chi connectivity index (χ0n) is 11.0. The Morgan fingerprint density at radius 3 is 2.59 bits per heavy atom. The summed E-state index contributed by atoms with van der Waals surface area (Å²) in [6.45, 7) is 0. The summed E-state index contributed by atoms with van der Waals surface area (Å²) in [6, 6.07) is 12.0. The monoisotopic (exact) mass is 378 g/mol. The normalized spacial score (nSPS) is 10.6. The van der Waals surface area contributed by atoms with Crippen LogP contribution in [0.4, 0.5) is 5.69 Å². The van der Waals surface area contributed by atoms with Crippen LogP contribution in [0.2, 0.25) is 5.02 Å². The second-order valence-corrected chi connectivity index (χ2v) is 5.72. The van der Waals surface area contributed by atoms with Gasteiger partial charge in [0.25, 0.3) is 5.69 Å². The SMILES string of the molecule is O=[N+]([O-])c1cc(-c2ncnn2-c2ccc(Br)cc2)ccc1Cl. The van der Waals surface area contributed by atoms with Gasteiger partial charge in [-0.05, 0) is 36.4 Å². The minimum Gasteiger partial charge on any atom is -0.258 e. The summed E-state index contributed by atoms with van der Waals surface area (Å²) < 4.78 is 2.56. The van der Waals surface area contributed by atoms with Crippen LogP contribution in [0.25, 0.3) is 17.1 Å². The quantitative estimate of drug-likeness (QED) is 0.503. The van der Waals surface area contributed by atoms with Gasteiger partial charge >= 0.3 is 0 Å².